The van der Waals surface area contributed by atoms with Crippen LogP contribution in [0.3, 0.4) is 0 Å². The molecule has 4 aliphatic heterocycles. The molecule has 4 amide bonds. The highest BCUT2D eigenvalue weighted by Gasteiger charge is 2.58. The molecule has 0 spiro atoms. The van der Waals surface area contributed by atoms with E-state index in [-0.39, 0.29) is 47.8 Å². The molecule has 16 heteroatoms. The highest BCUT2D eigenvalue weighted by molar-refractivity contribution is 5.88. The van der Waals surface area contributed by atoms with Crippen molar-refractivity contribution >= 4 is 36.2 Å². The molecule has 4 aromatic rings. The molecule has 0 unspecified atom stereocenters. The summed E-state index contributed by atoms with van der Waals surface area (Å²) < 4.78 is 20.9. The van der Waals surface area contributed by atoms with Crippen molar-refractivity contribution in [2.45, 2.75) is 87.6 Å². The Morgan fingerprint density at radius 2 is 1.02 bits per heavy atom. The number of carbonyl (C=O) groups excluding carboxylic acids is 4. The van der Waals surface area contributed by atoms with Gasteiger partial charge in [-0.1, -0.05) is 60.7 Å². The third kappa shape index (κ3) is 8.52. The molecule has 2 saturated carbocycles. The van der Waals surface area contributed by atoms with E-state index in [1.165, 1.54) is 14.2 Å². The summed E-state index contributed by atoms with van der Waals surface area (Å²) >= 11 is 0. The number of likely N-dealkylation sites (tertiary alicyclic amines) is 2. The lowest BCUT2D eigenvalue weighted by molar-refractivity contribution is -0.138. The van der Waals surface area contributed by atoms with E-state index >= 15 is 0 Å². The Bertz CT molecular complexity index is 2200. The molecule has 10 rings (SSSR count). The van der Waals surface area contributed by atoms with Gasteiger partial charge in [0.15, 0.2) is 0 Å². The maximum absolute atomic E-state index is 14.2. The smallest absolute Gasteiger partial charge is 0.407 e. The second-order valence-electron chi connectivity index (χ2n) is 18.2. The largest absolute Gasteiger partial charge is 0.453 e. The molecule has 2 aliphatic carbocycles. The molecule has 8 atom stereocenters. The number of hydrogen-bond acceptors (Lipinski definition) is 10. The lowest BCUT2D eigenvalue weighted by Gasteiger charge is -2.35. The average molecular weight is 873 g/mol. The van der Waals surface area contributed by atoms with Gasteiger partial charge in [0.1, 0.15) is 23.7 Å². The quantitative estimate of drug-likeness (QED) is 0.118. The summed E-state index contributed by atoms with van der Waals surface area (Å²) in [7, 11) is 2.64. The van der Waals surface area contributed by atoms with Crippen molar-refractivity contribution in [2.24, 2.45) is 23.7 Å². The van der Waals surface area contributed by atoms with Crippen LogP contribution in [0.15, 0.2) is 60.9 Å². The van der Waals surface area contributed by atoms with Crippen LogP contribution in [-0.4, -0.2) is 119 Å². The van der Waals surface area contributed by atoms with Crippen LogP contribution in [0.2, 0.25) is 0 Å². The Labute approximate surface area is 371 Å². The number of methoxy groups -OCH3 is 2. The average Bonchev–Trinajstić information content (AvgIpc) is 3.92. The van der Waals surface area contributed by atoms with Gasteiger partial charge in [-0.3, -0.25) is 9.59 Å². The lowest BCUT2D eigenvalue weighted by Crippen LogP contribution is -2.54. The number of nitrogens with zero attached hydrogens (tertiary/aromatic N) is 4. The molecule has 6 fully saturated rings. The van der Waals surface area contributed by atoms with E-state index in [4.69, 9.17) is 28.9 Å². The summed E-state index contributed by atoms with van der Waals surface area (Å²) in [5.74, 6) is 2.21. The van der Waals surface area contributed by atoms with Gasteiger partial charge in [-0.05, 0) is 97.3 Å². The van der Waals surface area contributed by atoms with Crippen LogP contribution in [0, 0.1) is 23.7 Å². The number of imidazole rings is 2. The zero-order valence-electron chi connectivity index (χ0n) is 36.2. The number of H-pyrrole nitrogens is 2. The molecular formula is C48H56N8O8. The minimum Gasteiger partial charge on any atom is -0.453 e. The Balaban J connectivity index is 0.773. The Morgan fingerprint density at radius 1 is 0.625 bits per heavy atom. The van der Waals surface area contributed by atoms with Crippen molar-refractivity contribution in [1.82, 2.24) is 40.4 Å². The van der Waals surface area contributed by atoms with Gasteiger partial charge < -0.3 is 49.3 Å². The predicted octanol–water partition coefficient (Wildman–Crippen LogP) is 6.26. The lowest BCUT2D eigenvalue weighted by atomic mass is 9.90. The number of ether oxygens (including phenoxy) is 4. The number of hydrogen-bond donors (Lipinski definition) is 4. The van der Waals surface area contributed by atoms with Gasteiger partial charge in [0.05, 0.1) is 50.1 Å². The zero-order chi connectivity index (χ0) is 43.9. The number of carbonyl (C=O) groups is 4. The Kier molecular flexibility index (Phi) is 11.7. The number of aromatic amines is 2. The van der Waals surface area contributed by atoms with E-state index in [1.807, 2.05) is 22.2 Å². The van der Waals surface area contributed by atoms with Crippen LogP contribution in [0.4, 0.5) is 9.59 Å². The predicted molar refractivity (Wildman–Crippen MR) is 235 cm³/mol. The molecule has 6 heterocycles. The van der Waals surface area contributed by atoms with Crippen LogP contribution in [0.1, 0.15) is 86.2 Å². The maximum Gasteiger partial charge on any atom is 0.407 e. The van der Waals surface area contributed by atoms with E-state index in [0.29, 0.717) is 63.9 Å². The van der Waals surface area contributed by atoms with Crippen LogP contribution >= 0.6 is 0 Å². The number of amides is 4. The van der Waals surface area contributed by atoms with Crippen LogP contribution in [0.25, 0.3) is 34.7 Å². The number of alkyl carbamates (subject to hydrolysis) is 2. The molecule has 2 aromatic heterocycles. The van der Waals surface area contributed by atoms with Gasteiger partial charge in [0.2, 0.25) is 11.8 Å². The van der Waals surface area contributed by atoms with Crippen molar-refractivity contribution in [1.29, 1.82) is 0 Å². The van der Waals surface area contributed by atoms with Gasteiger partial charge in [-0.15, -0.1) is 0 Å². The molecule has 64 heavy (non-hydrogen) atoms. The number of fused-ring (bicyclic) bond motifs is 2. The monoisotopic (exact) mass is 872 g/mol. The fourth-order valence-corrected chi connectivity index (χ4v) is 10.6. The number of aromatic nitrogens is 4. The first-order valence-electron chi connectivity index (χ1n) is 22.7. The van der Waals surface area contributed by atoms with E-state index in [0.717, 1.165) is 71.0 Å². The van der Waals surface area contributed by atoms with Crippen molar-refractivity contribution in [2.75, 3.05) is 40.6 Å². The summed E-state index contributed by atoms with van der Waals surface area (Å²) in [5, 5.41) is 5.70. The van der Waals surface area contributed by atoms with Crippen molar-refractivity contribution in [3.63, 3.8) is 0 Å². The van der Waals surface area contributed by atoms with Gasteiger partial charge in [-0.2, -0.15) is 0 Å². The van der Waals surface area contributed by atoms with Crippen LogP contribution < -0.4 is 10.6 Å². The Morgan fingerprint density at radius 3 is 1.39 bits per heavy atom. The number of rotatable bonds is 12. The standard InChI is InChI=1S/C48H56N8O8/c1-61-47(59)53-41(31-13-17-63-18-14-31)45(57)55-37-21-33(37)23-39(55)43-49-25-35(51-43)29-9-5-27(6-10-29)3-4-28-7-11-30(12-8-28)36-26-50-44(52-36)40-24-34-22-38(34)56(40)46(58)42(54-48(60)62-2)32-15-19-64-20-16-32/h3-12,25-26,31-34,37-42H,13-24H2,1-2H3,(H,49,51)(H,50,52)(H,53,59)(H,54,60)/b4-3+/t33-,34-,37-,38-,39-,40-,41-,42+/m1/s1. The molecule has 2 aromatic carbocycles. The summed E-state index contributed by atoms with van der Waals surface area (Å²) in [4.78, 5) is 73.6. The third-order valence-electron chi connectivity index (χ3n) is 14.4. The molecule has 336 valence electrons. The first-order chi connectivity index (χ1) is 31.3. The summed E-state index contributed by atoms with van der Waals surface area (Å²) in [6.07, 6.45) is 13.1. The van der Waals surface area contributed by atoms with Crippen molar-refractivity contribution < 1.29 is 38.1 Å². The molecule has 0 bridgehead atoms. The summed E-state index contributed by atoms with van der Waals surface area (Å²) in [6, 6.07) is 15.2. The van der Waals surface area contributed by atoms with Crippen molar-refractivity contribution in [3.8, 4) is 22.5 Å². The summed E-state index contributed by atoms with van der Waals surface area (Å²) in [6.45, 7) is 2.27. The summed E-state index contributed by atoms with van der Waals surface area (Å²) in [5.41, 5.74) is 5.83. The molecule has 16 nitrogen and oxygen atoms in total. The number of piperidine rings is 2. The Hall–Kier alpha value is -6.00. The van der Waals surface area contributed by atoms with Gasteiger partial charge in [-0.25, -0.2) is 19.6 Å². The highest BCUT2D eigenvalue weighted by atomic mass is 16.5. The molecule has 6 aliphatic rings. The molecule has 4 saturated heterocycles. The van der Waals surface area contributed by atoms with Crippen molar-refractivity contribution in [3.05, 3.63) is 83.7 Å². The number of nitrogens with one attached hydrogen (secondary N) is 4. The maximum atomic E-state index is 14.2. The van der Waals surface area contributed by atoms with Gasteiger partial charge in [0.25, 0.3) is 0 Å². The fraction of sp³-hybridized carbons (Fsp3) is 0.500. The molecular weight excluding hydrogens is 817 g/mol. The zero-order valence-corrected chi connectivity index (χ0v) is 36.2. The van der Waals surface area contributed by atoms with E-state index in [2.05, 4.69) is 81.3 Å². The fourth-order valence-electron chi connectivity index (χ4n) is 10.6. The minimum atomic E-state index is -0.671. The normalized spacial score (nSPS) is 26.2. The highest BCUT2D eigenvalue weighted by Crippen LogP contribution is 2.55. The third-order valence-corrected chi connectivity index (χ3v) is 14.4. The minimum absolute atomic E-state index is 0.0180. The van der Waals surface area contributed by atoms with Gasteiger partial charge in [0, 0.05) is 38.5 Å². The SMILES string of the molecule is COC(=O)N[C@H](C(=O)N1[C@@H](c2ncc(-c3ccc(/C=C/c4ccc(-c5cnc([C@H]6C[C@H]7C[C@H]7N6C(=O)[C@H](NC(=O)OC)C6CCOCC6)[nH]5)cc4)cc3)[nH]2)C[C@H]2C[C@H]21)C1CCOCC1. The van der Waals surface area contributed by atoms with Crippen LogP contribution in [0.5, 0.6) is 0 Å². The van der Waals surface area contributed by atoms with E-state index in [9.17, 15) is 19.2 Å². The van der Waals surface area contributed by atoms with E-state index in [1.54, 1.807) is 0 Å². The first kappa shape index (κ1) is 42.0. The first-order valence-corrected chi connectivity index (χ1v) is 22.7. The van der Waals surface area contributed by atoms with Crippen LogP contribution in [-0.2, 0) is 28.5 Å². The second kappa shape index (κ2) is 17.9. The second-order valence-corrected chi connectivity index (χ2v) is 18.2. The van der Waals surface area contributed by atoms with E-state index < -0.39 is 24.3 Å². The topological polar surface area (TPSA) is 193 Å². The molecule has 0 radical (unpaired) electrons. The number of benzene rings is 2. The molecule has 4 N–H and O–H groups in total. The van der Waals surface area contributed by atoms with Gasteiger partial charge >= 0.3 is 12.2 Å².